The molecule has 8 heteroatoms. The summed E-state index contributed by atoms with van der Waals surface area (Å²) in [5, 5.41) is 5.70. The van der Waals surface area contributed by atoms with E-state index in [-0.39, 0.29) is 17.6 Å². The van der Waals surface area contributed by atoms with E-state index < -0.39 is 0 Å². The van der Waals surface area contributed by atoms with Gasteiger partial charge >= 0.3 is 0 Å². The largest absolute Gasteiger partial charge is 0.459 e. The molecule has 0 aliphatic rings. The highest BCUT2D eigenvalue weighted by atomic mass is 32.2. The van der Waals surface area contributed by atoms with Crippen molar-refractivity contribution >= 4 is 34.9 Å². The van der Waals surface area contributed by atoms with Crippen molar-refractivity contribution in [1.82, 2.24) is 14.7 Å². The molecular weight excluding hydrogens is 460 g/mol. The number of hydrogen-bond donors (Lipinski definition) is 2. The van der Waals surface area contributed by atoms with Gasteiger partial charge in [0.25, 0.3) is 11.8 Å². The maximum absolute atomic E-state index is 12.6. The topological polar surface area (TPSA) is 88.6 Å². The van der Waals surface area contributed by atoms with Crippen LogP contribution in [0.25, 0.3) is 5.65 Å². The van der Waals surface area contributed by atoms with Crippen molar-refractivity contribution in [3.63, 3.8) is 0 Å². The van der Waals surface area contributed by atoms with Crippen LogP contribution in [0.4, 0.5) is 5.69 Å². The summed E-state index contributed by atoms with van der Waals surface area (Å²) < 4.78 is 7.09. The van der Waals surface area contributed by atoms with Gasteiger partial charge in [-0.3, -0.25) is 9.59 Å². The Bertz CT molecular complexity index is 1410. The second-order valence-corrected chi connectivity index (χ2v) is 8.87. The molecule has 0 unspecified atom stereocenters. The van der Waals surface area contributed by atoms with Crippen molar-refractivity contribution in [3.8, 4) is 0 Å². The van der Waals surface area contributed by atoms with Gasteiger partial charge < -0.3 is 19.5 Å². The predicted molar refractivity (Wildman–Crippen MR) is 135 cm³/mol. The number of amides is 2. The third kappa shape index (κ3) is 5.62. The average Bonchev–Trinajstić information content (AvgIpc) is 3.57. The average molecular weight is 483 g/mol. The number of nitrogens with zero attached hydrogens (tertiary/aromatic N) is 2. The Kier molecular flexibility index (Phi) is 6.63. The summed E-state index contributed by atoms with van der Waals surface area (Å²) >= 11 is 1.68. The molecule has 174 valence electrons. The van der Waals surface area contributed by atoms with Gasteiger partial charge in [-0.1, -0.05) is 18.2 Å². The Balaban J connectivity index is 1.10. The maximum Gasteiger partial charge on any atom is 0.291 e. The number of benzene rings is 2. The van der Waals surface area contributed by atoms with Crippen LogP contribution in [0.5, 0.6) is 0 Å². The first-order valence-corrected chi connectivity index (χ1v) is 12.0. The molecule has 0 bridgehead atoms. The predicted octanol–water partition coefficient (Wildman–Crippen LogP) is 5.40. The van der Waals surface area contributed by atoms with Crippen LogP contribution in [-0.2, 0) is 12.3 Å². The van der Waals surface area contributed by atoms with Gasteiger partial charge in [-0.05, 0) is 66.2 Å². The van der Waals surface area contributed by atoms with E-state index in [2.05, 4.69) is 15.6 Å². The van der Waals surface area contributed by atoms with Gasteiger partial charge in [-0.15, -0.1) is 11.8 Å². The fourth-order valence-corrected chi connectivity index (χ4v) is 4.29. The molecule has 2 aromatic carbocycles. The van der Waals surface area contributed by atoms with Crippen LogP contribution in [0.1, 0.15) is 32.2 Å². The standard InChI is InChI=1S/C27H22N4O3S/c32-26(28-16-19-6-10-21(11-7-19)30-27(33)24-4-3-15-34-24)20-8-12-23(13-9-20)35-18-22-17-31-14-2-1-5-25(31)29-22/h1-15,17H,16,18H2,(H,28,32)(H,30,33). The molecule has 0 saturated carbocycles. The van der Waals surface area contributed by atoms with E-state index >= 15 is 0 Å². The van der Waals surface area contributed by atoms with Crippen molar-refractivity contribution in [2.75, 3.05) is 5.32 Å². The molecule has 2 amide bonds. The quantitative estimate of drug-likeness (QED) is 0.289. The molecule has 35 heavy (non-hydrogen) atoms. The third-order valence-electron chi connectivity index (χ3n) is 5.33. The molecule has 2 N–H and O–H groups in total. The zero-order chi connectivity index (χ0) is 24.0. The molecule has 3 aromatic heterocycles. The molecule has 0 saturated heterocycles. The second kappa shape index (κ2) is 10.3. The lowest BCUT2D eigenvalue weighted by Gasteiger charge is -2.08. The maximum atomic E-state index is 12.6. The van der Waals surface area contributed by atoms with Crippen molar-refractivity contribution in [3.05, 3.63) is 120 Å². The zero-order valence-electron chi connectivity index (χ0n) is 18.7. The number of rotatable bonds is 8. The summed E-state index contributed by atoms with van der Waals surface area (Å²) in [5.41, 5.74) is 4.12. The number of furan rings is 1. The third-order valence-corrected chi connectivity index (χ3v) is 6.37. The summed E-state index contributed by atoms with van der Waals surface area (Å²) in [7, 11) is 0. The SMILES string of the molecule is O=C(NCc1ccc(NC(=O)c2ccco2)cc1)c1ccc(SCc2cn3ccccc3n2)cc1. The van der Waals surface area contributed by atoms with Crippen LogP contribution in [0.3, 0.4) is 0 Å². The zero-order valence-corrected chi connectivity index (χ0v) is 19.5. The number of pyridine rings is 1. The highest BCUT2D eigenvalue weighted by Gasteiger charge is 2.09. The van der Waals surface area contributed by atoms with Gasteiger partial charge in [0.15, 0.2) is 5.76 Å². The number of aromatic nitrogens is 2. The van der Waals surface area contributed by atoms with Gasteiger partial charge in [-0.2, -0.15) is 0 Å². The molecule has 7 nitrogen and oxygen atoms in total. The molecule has 0 atom stereocenters. The van der Waals surface area contributed by atoms with Gasteiger partial charge in [0.1, 0.15) is 5.65 Å². The van der Waals surface area contributed by atoms with Gasteiger partial charge in [0, 0.05) is 40.8 Å². The van der Waals surface area contributed by atoms with E-state index in [0.717, 1.165) is 27.6 Å². The molecule has 5 rings (SSSR count). The lowest BCUT2D eigenvalue weighted by molar-refractivity contribution is 0.0949. The summed E-state index contributed by atoms with van der Waals surface area (Å²) in [6, 6.07) is 24.1. The molecule has 0 fully saturated rings. The molecule has 0 spiro atoms. The van der Waals surface area contributed by atoms with Crippen molar-refractivity contribution in [2.24, 2.45) is 0 Å². The van der Waals surface area contributed by atoms with E-state index in [1.807, 2.05) is 71.4 Å². The highest BCUT2D eigenvalue weighted by Crippen LogP contribution is 2.23. The summed E-state index contributed by atoms with van der Waals surface area (Å²) in [6.45, 7) is 0.385. The van der Waals surface area contributed by atoms with Gasteiger partial charge in [-0.25, -0.2) is 4.98 Å². The molecule has 0 aliphatic carbocycles. The first kappa shape index (κ1) is 22.5. The Labute approximate surface area is 206 Å². The summed E-state index contributed by atoms with van der Waals surface area (Å²) in [4.78, 5) is 30.3. The van der Waals surface area contributed by atoms with E-state index in [1.165, 1.54) is 6.26 Å². The molecule has 0 radical (unpaired) electrons. The Morgan fingerprint density at radius 3 is 2.49 bits per heavy atom. The Morgan fingerprint density at radius 1 is 0.914 bits per heavy atom. The number of carbonyl (C=O) groups is 2. The molecule has 0 aliphatic heterocycles. The van der Waals surface area contributed by atoms with E-state index in [1.54, 1.807) is 36.0 Å². The number of carbonyl (C=O) groups excluding carboxylic acids is 2. The lowest BCUT2D eigenvalue weighted by Crippen LogP contribution is -2.22. The van der Waals surface area contributed by atoms with E-state index in [0.29, 0.717) is 17.8 Å². The van der Waals surface area contributed by atoms with E-state index in [9.17, 15) is 9.59 Å². The first-order chi connectivity index (χ1) is 17.1. The normalized spacial score (nSPS) is 10.9. The molecule has 3 heterocycles. The molecule has 5 aromatic rings. The highest BCUT2D eigenvalue weighted by molar-refractivity contribution is 7.98. The fourth-order valence-electron chi connectivity index (χ4n) is 3.51. The number of anilines is 1. The Hall–Kier alpha value is -4.30. The smallest absolute Gasteiger partial charge is 0.291 e. The minimum atomic E-state index is -0.309. The number of fused-ring (bicyclic) bond motifs is 1. The Morgan fingerprint density at radius 2 is 1.74 bits per heavy atom. The number of nitrogens with one attached hydrogen (secondary N) is 2. The fraction of sp³-hybridized carbons (Fsp3) is 0.0741. The van der Waals surface area contributed by atoms with Crippen molar-refractivity contribution < 1.29 is 14.0 Å². The van der Waals surface area contributed by atoms with Crippen LogP contribution in [0, 0.1) is 0 Å². The minimum Gasteiger partial charge on any atom is -0.459 e. The molecular formula is C27H22N4O3S. The second-order valence-electron chi connectivity index (χ2n) is 7.82. The minimum absolute atomic E-state index is 0.142. The van der Waals surface area contributed by atoms with Crippen LogP contribution in [0.2, 0.25) is 0 Å². The summed E-state index contributed by atoms with van der Waals surface area (Å²) in [6.07, 6.45) is 5.47. The van der Waals surface area contributed by atoms with Crippen LogP contribution >= 0.6 is 11.8 Å². The van der Waals surface area contributed by atoms with Crippen molar-refractivity contribution in [2.45, 2.75) is 17.2 Å². The monoisotopic (exact) mass is 482 g/mol. The van der Waals surface area contributed by atoms with E-state index in [4.69, 9.17) is 4.42 Å². The number of imidazole rings is 1. The van der Waals surface area contributed by atoms with Gasteiger partial charge in [0.05, 0.1) is 12.0 Å². The lowest BCUT2D eigenvalue weighted by atomic mass is 10.2. The number of hydrogen-bond acceptors (Lipinski definition) is 5. The summed E-state index contributed by atoms with van der Waals surface area (Å²) in [5.74, 6) is 0.555. The first-order valence-electron chi connectivity index (χ1n) is 11.0. The van der Waals surface area contributed by atoms with Crippen molar-refractivity contribution in [1.29, 1.82) is 0 Å². The van der Waals surface area contributed by atoms with Crippen LogP contribution in [-0.4, -0.2) is 21.2 Å². The van der Waals surface area contributed by atoms with Gasteiger partial charge in [0.2, 0.25) is 0 Å². The number of thioether (sulfide) groups is 1. The van der Waals surface area contributed by atoms with Crippen LogP contribution < -0.4 is 10.6 Å². The van der Waals surface area contributed by atoms with Crippen LogP contribution in [0.15, 0.2) is 107 Å².